The van der Waals surface area contributed by atoms with Crippen LogP contribution in [0.4, 0.5) is 0 Å². The van der Waals surface area contributed by atoms with Crippen molar-refractivity contribution in [3.8, 4) is 0 Å². The van der Waals surface area contributed by atoms with E-state index in [-0.39, 0.29) is 11.9 Å². The summed E-state index contributed by atoms with van der Waals surface area (Å²) >= 11 is 7.62. The normalized spacial score (nSPS) is 16.3. The van der Waals surface area contributed by atoms with Crippen molar-refractivity contribution in [2.24, 2.45) is 0 Å². The van der Waals surface area contributed by atoms with Crippen LogP contribution in [0.2, 0.25) is 5.02 Å². The van der Waals surface area contributed by atoms with Crippen molar-refractivity contribution in [1.29, 1.82) is 0 Å². The summed E-state index contributed by atoms with van der Waals surface area (Å²) in [5.41, 5.74) is 2.12. The molecular formula is C19H23ClN2OS. The maximum Gasteiger partial charge on any atom is 0.252 e. The molecule has 1 aliphatic heterocycles. The van der Waals surface area contributed by atoms with Gasteiger partial charge < -0.3 is 5.32 Å². The van der Waals surface area contributed by atoms with E-state index in [2.05, 4.69) is 22.3 Å². The number of carbonyl (C=O) groups excluding carboxylic acids is 1. The topological polar surface area (TPSA) is 32.3 Å². The van der Waals surface area contributed by atoms with E-state index in [1.165, 1.54) is 10.4 Å². The number of hydrogen-bond donors (Lipinski definition) is 1. The van der Waals surface area contributed by atoms with Crippen molar-refractivity contribution in [2.45, 2.75) is 39.3 Å². The van der Waals surface area contributed by atoms with Gasteiger partial charge in [-0.1, -0.05) is 23.7 Å². The molecule has 3 nitrogen and oxygen atoms in total. The quantitative estimate of drug-likeness (QED) is 0.873. The van der Waals surface area contributed by atoms with Crippen molar-refractivity contribution in [3.63, 3.8) is 0 Å². The lowest BCUT2D eigenvalue weighted by Gasteiger charge is -2.32. The van der Waals surface area contributed by atoms with Crippen molar-refractivity contribution in [1.82, 2.24) is 10.2 Å². The Morgan fingerprint density at radius 1 is 1.25 bits per heavy atom. The maximum absolute atomic E-state index is 12.4. The number of nitrogens with zero attached hydrogens (tertiary/aromatic N) is 1. The highest BCUT2D eigenvalue weighted by Crippen LogP contribution is 2.21. The summed E-state index contributed by atoms with van der Waals surface area (Å²) in [6.07, 6.45) is 2.00. The van der Waals surface area contributed by atoms with E-state index in [0.717, 1.165) is 47.9 Å². The molecule has 1 amide bonds. The molecule has 1 saturated heterocycles. The third-order valence-electron chi connectivity index (χ3n) is 4.53. The molecule has 24 heavy (non-hydrogen) atoms. The van der Waals surface area contributed by atoms with Gasteiger partial charge in [0.15, 0.2) is 0 Å². The number of nitrogens with one attached hydrogen (secondary N) is 1. The number of benzene rings is 1. The molecule has 0 aliphatic carbocycles. The van der Waals surface area contributed by atoms with Gasteiger partial charge >= 0.3 is 0 Å². The molecule has 2 aromatic rings. The number of piperidine rings is 1. The molecule has 1 N–H and O–H groups in total. The number of halogens is 1. The van der Waals surface area contributed by atoms with Crippen LogP contribution in [0.1, 0.15) is 38.5 Å². The van der Waals surface area contributed by atoms with E-state index in [9.17, 15) is 4.79 Å². The van der Waals surface area contributed by atoms with Crippen molar-refractivity contribution in [3.05, 3.63) is 56.2 Å². The summed E-state index contributed by atoms with van der Waals surface area (Å²) in [5, 5.41) is 3.98. The molecule has 5 heteroatoms. The predicted molar refractivity (Wildman–Crippen MR) is 101 cm³/mol. The Bertz CT molecular complexity index is 703. The molecule has 1 aromatic carbocycles. The highest BCUT2D eigenvalue weighted by atomic mass is 35.5. The summed E-state index contributed by atoms with van der Waals surface area (Å²) in [6.45, 7) is 7.02. The minimum absolute atomic E-state index is 0.0769. The molecule has 0 unspecified atom stereocenters. The third kappa shape index (κ3) is 4.38. The summed E-state index contributed by atoms with van der Waals surface area (Å²) in [4.78, 5) is 17.1. The van der Waals surface area contributed by atoms with Crippen LogP contribution in [0.15, 0.2) is 30.3 Å². The van der Waals surface area contributed by atoms with Gasteiger partial charge in [0, 0.05) is 40.5 Å². The van der Waals surface area contributed by atoms with Crippen LogP contribution in [0.5, 0.6) is 0 Å². The number of thiophene rings is 1. The average molecular weight is 363 g/mol. The summed E-state index contributed by atoms with van der Waals surface area (Å²) in [7, 11) is 0. The Morgan fingerprint density at radius 3 is 2.50 bits per heavy atom. The third-order valence-corrected chi connectivity index (χ3v) is 5.75. The fourth-order valence-corrected chi connectivity index (χ4v) is 4.25. The fraction of sp³-hybridized carbons (Fsp3) is 0.421. The van der Waals surface area contributed by atoms with Crippen molar-refractivity contribution < 1.29 is 4.79 Å². The van der Waals surface area contributed by atoms with Gasteiger partial charge in [0.25, 0.3) is 5.91 Å². The zero-order valence-corrected chi connectivity index (χ0v) is 15.7. The first-order valence-electron chi connectivity index (χ1n) is 8.36. The molecule has 0 spiro atoms. The second-order valence-electron chi connectivity index (χ2n) is 6.48. The standard InChI is InChI=1S/C19H23ClN2OS/c1-13-11-18(14(2)24-13)19(23)21-17-7-9-22(10-8-17)12-15-3-5-16(20)6-4-15/h3-6,11,17H,7-10,12H2,1-2H3,(H,21,23). The van der Waals surface area contributed by atoms with Crippen LogP contribution in [0.25, 0.3) is 0 Å². The SMILES string of the molecule is Cc1cc(C(=O)NC2CCN(Cc3ccc(Cl)cc3)CC2)c(C)s1. The summed E-state index contributed by atoms with van der Waals surface area (Å²) in [6, 6.07) is 10.3. The lowest BCUT2D eigenvalue weighted by molar-refractivity contribution is 0.0909. The first kappa shape index (κ1) is 17.5. The minimum atomic E-state index is 0.0769. The lowest BCUT2D eigenvalue weighted by Crippen LogP contribution is -2.44. The zero-order chi connectivity index (χ0) is 17.1. The molecule has 3 rings (SSSR count). The van der Waals surface area contributed by atoms with Crippen LogP contribution in [0, 0.1) is 13.8 Å². The number of rotatable bonds is 4. The van der Waals surface area contributed by atoms with E-state index in [1.54, 1.807) is 11.3 Å². The highest BCUT2D eigenvalue weighted by Gasteiger charge is 2.22. The minimum Gasteiger partial charge on any atom is -0.349 e. The Hall–Kier alpha value is -1.36. The van der Waals surface area contributed by atoms with Crippen molar-refractivity contribution >= 4 is 28.8 Å². The number of carbonyl (C=O) groups is 1. The first-order valence-corrected chi connectivity index (χ1v) is 9.55. The van der Waals surface area contributed by atoms with Crippen LogP contribution < -0.4 is 5.32 Å². The molecule has 0 atom stereocenters. The number of hydrogen-bond acceptors (Lipinski definition) is 3. The van der Waals surface area contributed by atoms with Crippen LogP contribution in [-0.2, 0) is 6.54 Å². The largest absolute Gasteiger partial charge is 0.349 e. The van der Waals surface area contributed by atoms with E-state index in [0.29, 0.717) is 0 Å². The summed E-state index contributed by atoms with van der Waals surface area (Å²) in [5.74, 6) is 0.0769. The predicted octanol–water partition coefficient (Wildman–Crippen LogP) is 4.41. The van der Waals surface area contributed by atoms with Gasteiger partial charge in [0.2, 0.25) is 0 Å². The number of likely N-dealkylation sites (tertiary alicyclic amines) is 1. The molecule has 0 saturated carbocycles. The van der Waals surface area contributed by atoms with E-state index in [4.69, 9.17) is 11.6 Å². The molecule has 0 bridgehead atoms. The molecule has 1 fully saturated rings. The smallest absolute Gasteiger partial charge is 0.252 e. The average Bonchev–Trinajstić information content (AvgIpc) is 2.90. The van der Waals surface area contributed by atoms with Crippen LogP contribution in [-0.4, -0.2) is 29.9 Å². The number of amides is 1. The zero-order valence-electron chi connectivity index (χ0n) is 14.1. The second-order valence-corrected chi connectivity index (χ2v) is 8.37. The van der Waals surface area contributed by atoms with E-state index >= 15 is 0 Å². The van der Waals surface area contributed by atoms with Gasteiger partial charge in [0.05, 0.1) is 5.56 Å². The highest BCUT2D eigenvalue weighted by molar-refractivity contribution is 7.12. The molecule has 0 radical (unpaired) electrons. The lowest BCUT2D eigenvalue weighted by atomic mass is 10.0. The first-order chi connectivity index (χ1) is 11.5. The van der Waals surface area contributed by atoms with E-state index in [1.807, 2.05) is 32.0 Å². The molecular weight excluding hydrogens is 340 g/mol. The van der Waals surface area contributed by atoms with Crippen LogP contribution >= 0.6 is 22.9 Å². The van der Waals surface area contributed by atoms with E-state index < -0.39 is 0 Å². The van der Waals surface area contributed by atoms with Gasteiger partial charge in [-0.15, -0.1) is 11.3 Å². The van der Waals surface area contributed by atoms with Crippen LogP contribution in [0.3, 0.4) is 0 Å². The Balaban J connectivity index is 1.49. The number of aryl methyl sites for hydroxylation is 2. The fourth-order valence-electron chi connectivity index (χ4n) is 3.20. The molecule has 1 aromatic heterocycles. The Morgan fingerprint density at radius 2 is 1.92 bits per heavy atom. The molecule has 2 heterocycles. The molecule has 128 valence electrons. The van der Waals surface area contributed by atoms with Gasteiger partial charge in [0.1, 0.15) is 0 Å². The Labute approximate surface area is 152 Å². The van der Waals surface area contributed by atoms with Gasteiger partial charge in [-0.05, 0) is 50.5 Å². The van der Waals surface area contributed by atoms with Gasteiger partial charge in [-0.2, -0.15) is 0 Å². The van der Waals surface area contributed by atoms with Gasteiger partial charge in [-0.25, -0.2) is 0 Å². The molecule has 1 aliphatic rings. The second kappa shape index (κ2) is 7.68. The van der Waals surface area contributed by atoms with Gasteiger partial charge in [-0.3, -0.25) is 9.69 Å². The summed E-state index contributed by atoms with van der Waals surface area (Å²) < 4.78 is 0. The maximum atomic E-state index is 12.4. The Kier molecular flexibility index (Phi) is 5.59. The monoisotopic (exact) mass is 362 g/mol. The van der Waals surface area contributed by atoms with Crippen molar-refractivity contribution in [2.75, 3.05) is 13.1 Å².